The van der Waals surface area contributed by atoms with Gasteiger partial charge in [0.1, 0.15) is 0 Å². The highest BCUT2D eigenvalue weighted by Gasteiger charge is 2.04. The van der Waals surface area contributed by atoms with E-state index in [9.17, 15) is 0 Å². The third-order valence-corrected chi connectivity index (χ3v) is 4.74. The number of benzene rings is 1. The number of para-hydroxylation sites is 1. The predicted octanol–water partition coefficient (Wildman–Crippen LogP) is 3.19. The fraction of sp³-hybridized carbons (Fsp3) is 0.667. The van der Waals surface area contributed by atoms with Gasteiger partial charge in [-0.1, -0.05) is 18.2 Å². The van der Waals surface area contributed by atoms with Gasteiger partial charge in [0.05, 0.1) is 0 Å². The van der Waals surface area contributed by atoms with Gasteiger partial charge in [-0.2, -0.15) is 0 Å². The second-order valence-electron chi connectivity index (χ2n) is 6.98. The number of aliphatic imine (C=N–C) groups is 1. The largest absolute Gasteiger partial charge is 0.372 e. The fourth-order valence-corrected chi connectivity index (χ4v) is 2.76. The van der Waals surface area contributed by atoms with Crippen molar-refractivity contribution < 1.29 is 0 Å². The Labute approximate surface area is 160 Å². The molecule has 0 heterocycles. The first-order chi connectivity index (χ1) is 12.6. The van der Waals surface area contributed by atoms with Crippen LogP contribution in [-0.4, -0.2) is 63.7 Å². The molecule has 0 aromatic heterocycles. The number of hydrogen-bond acceptors (Lipinski definition) is 3. The number of rotatable bonds is 12. The van der Waals surface area contributed by atoms with Crippen molar-refractivity contribution in [3.63, 3.8) is 0 Å². The van der Waals surface area contributed by atoms with Crippen LogP contribution in [0.4, 0.5) is 5.69 Å². The van der Waals surface area contributed by atoms with Gasteiger partial charge in [-0.25, -0.2) is 0 Å². The third kappa shape index (κ3) is 9.09. The van der Waals surface area contributed by atoms with Crippen LogP contribution in [0.25, 0.3) is 0 Å². The smallest absolute Gasteiger partial charge is 0.190 e. The summed E-state index contributed by atoms with van der Waals surface area (Å²) in [5.74, 6) is 0.907. The van der Waals surface area contributed by atoms with Crippen molar-refractivity contribution >= 4 is 11.6 Å². The Morgan fingerprint density at radius 2 is 1.65 bits per heavy atom. The Kier molecular flexibility index (Phi) is 11.5. The van der Waals surface area contributed by atoms with Crippen molar-refractivity contribution in [2.45, 2.75) is 46.1 Å². The van der Waals surface area contributed by atoms with Crippen LogP contribution in [0.3, 0.4) is 0 Å². The van der Waals surface area contributed by atoms with Gasteiger partial charge < -0.3 is 20.4 Å². The average molecular weight is 362 g/mol. The van der Waals surface area contributed by atoms with Gasteiger partial charge in [0.25, 0.3) is 0 Å². The van der Waals surface area contributed by atoms with Crippen molar-refractivity contribution in [2.24, 2.45) is 4.99 Å². The first-order valence-corrected chi connectivity index (χ1v) is 10.0. The predicted molar refractivity (Wildman–Crippen MR) is 115 cm³/mol. The van der Waals surface area contributed by atoms with Gasteiger partial charge in [-0.15, -0.1) is 0 Å². The van der Waals surface area contributed by atoms with Crippen LogP contribution in [-0.2, 0) is 0 Å². The molecule has 0 aliphatic rings. The lowest BCUT2D eigenvalue weighted by Gasteiger charge is -2.23. The minimum Gasteiger partial charge on any atom is -0.372 e. The van der Waals surface area contributed by atoms with Crippen molar-refractivity contribution in [2.75, 3.05) is 51.7 Å². The molecule has 1 aromatic rings. The summed E-state index contributed by atoms with van der Waals surface area (Å²) in [6, 6.07) is 11.2. The molecule has 0 radical (unpaired) electrons. The summed E-state index contributed by atoms with van der Waals surface area (Å²) in [6.45, 7) is 11.8. The zero-order valence-corrected chi connectivity index (χ0v) is 17.5. The molecule has 148 valence electrons. The average Bonchev–Trinajstić information content (AvgIpc) is 2.66. The van der Waals surface area contributed by atoms with Gasteiger partial charge in [0, 0.05) is 45.0 Å². The van der Waals surface area contributed by atoms with Crippen LogP contribution in [0, 0.1) is 0 Å². The Hall–Kier alpha value is -1.75. The molecule has 2 N–H and O–H groups in total. The Morgan fingerprint density at radius 1 is 1.00 bits per heavy atom. The molecule has 0 fully saturated rings. The van der Waals surface area contributed by atoms with Gasteiger partial charge in [-0.3, -0.25) is 4.99 Å². The number of hydrogen-bond donors (Lipinski definition) is 2. The number of nitrogens with zero attached hydrogens (tertiary/aromatic N) is 3. The molecule has 0 saturated carbocycles. The molecule has 5 nitrogen and oxygen atoms in total. The lowest BCUT2D eigenvalue weighted by atomic mass is 10.2. The molecular formula is C21H39N5. The lowest BCUT2D eigenvalue weighted by Crippen LogP contribution is -2.39. The van der Waals surface area contributed by atoms with E-state index in [2.05, 4.69) is 83.6 Å². The Morgan fingerprint density at radius 3 is 2.23 bits per heavy atom. The maximum Gasteiger partial charge on any atom is 0.190 e. The maximum atomic E-state index is 4.31. The number of anilines is 1. The topological polar surface area (TPSA) is 42.9 Å². The van der Waals surface area contributed by atoms with E-state index in [0.717, 1.165) is 51.5 Å². The molecule has 0 spiro atoms. The molecule has 0 amide bonds. The summed E-state index contributed by atoms with van der Waals surface area (Å²) >= 11 is 0. The fourth-order valence-electron chi connectivity index (χ4n) is 2.76. The summed E-state index contributed by atoms with van der Waals surface area (Å²) in [7, 11) is 4.03. The highest BCUT2D eigenvalue weighted by atomic mass is 15.2. The Bertz CT molecular complexity index is 486. The molecule has 0 atom stereocenters. The standard InChI is InChI=1S/C21H39N5/c1-6-26(20-13-8-7-9-14-20)18-12-16-24-21(22-4)23-15-10-11-17-25(5)19(2)3/h7-9,13-14,19H,6,10-12,15-18H2,1-5H3,(H2,22,23,24). The van der Waals surface area contributed by atoms with E-state index in [-0.39, 0.29) is 0 Å². The summed E-state index contributed by atoms with van der Waals surface area (Å²) in [5.41, 5.74) is 1.30. The highest BCUT2D eigenvalue weighted by Crippen LogP contribution is 2.12. The van der Waals surface area contributed by atoms with Crippen LogP contribution >= 0.6 is 0 Å². The van der Waals surface area contributed by atoms with E-state index < -0.39 is 0 Å². The summed E-state index contributed by atoms with van der Waals surface area (Å²) in [5, 5.41) is 6.83. The molecular weight excluding hydrogens is 322 g/mol. The molecule has 1 rings (SSSR count). The SMILES string of the molecule is CCN(CCCNC(=NC)NCCCCN(C)C(C)C)c1ccccc1. The molecule has 0 aliphatic carbocycles. The summed E-state index contributed by atoms with van der Waals surface area (Å²) in [6.07, 6.45) is 3.46. The summed E-state index contributed by atoms with van der Waals surface area (Å²) in [4.78, 5) is 9.11. The van der Waals surface area contributed by atoms with E-state index in [1.165, 1.54) is 12.1 Å². The van der Waals surface area contributed by atoms with E-state index >= 15 is 0 Å². The van der Waals surface area contributed by atoms with Crippen LogP contribution in [0.2, 0.25) is 0 Å². The minimum atomic E-state index is 0.621. The van der Waals surface area contributed by atoms with Gasteiger partial charge >= 0.3 is 0 Å². The molecule has 0 bridgehead atoms. The van der Waals surface area contributed by atoms with E-state index in [1.807, 2.05) is 7.05 Å². The minimum absolute atomic E-state index is 0.621. The molecule has 0 unspecified atom stereocenters. The van der Waals surface area contributed by atoms with Crippen molar-refractivity contribution in [3.05, 3.63) is 30.3 Å². The molecule has 5 heteroatoms. The molecule has 0 saturated heterocycles. The van der Waals surface area contributed by atoms with Crippen molar-refractivity contribution in [3.8, 4) is 0 Å². The summed E-state index contributed by atoms with van der Waals surface area (Å²) < 4.78 is 0. The molecule has 0 aliphatic heterocycles. The van der Waals surface area contributed by atoms with Crippen LogP contribution in [0.1, 0.15) is 40.0 Å². The zero-order valence-electron chi connectivity index (χ0n) is 17.5. The van der Waals surface area contributed by atoms with Gasteiger partial charge in [-0.05, 0) is 65.8 Å². The van der Waals surface area contributed by atoms with E-state index in [0.29, 0.717) is 6.04 Å². The lowest BCUT2D eigenvalue weighted by molar-refractivity contribution is 0.268. The first kappa shape index (κ1) is 22.3. The molecule has 26 heavy (non-hydrogen) atoms. The van der Waals surface area contributed by atoms with Crippen LogP contribution in [0.15, 0.2) is 35.3 Å². The normalized spacial score (nSPS) is 11.9. The van der Waals surface area contributed by atoms with Crippen molar-refractivity contribution in [1.29, 1.82) is 0 Å². The zero-order chi connectivity index (χ0) is 19.2. The van der Waals surface area contributed by atoms with Crippen LogP contribution < -0.4 is 15.5 Å². The number of nitrogens with one attached hydrogen (secondary N) is 2. The number of unbranched alkanes of at least 4 members (excludes halogenated alkanes) is 1. The Balaban J connectivity index is 2.16. The van der Waals surface area contributed by atoms with E-state index in [4.69, 9.17) is 0 Å². The number of guanidine groups is 1. The van der Waals surface area contributed by atoms with Crippen molar-refractivity contribution in [1.82, 2.24) is 15.5 Å². The van der Waals surface area contributed by atoms with E-state index in [1.54, 1.807) is 0 Å². The second kappa shape index (κ2) is 13.5. The maximum absolute atomic E-state index is 4.31. The quantitative estimate of drug-likeness (QED) is 0.341. The van der Waals surface area contributed by atoms with Crippen LogP contribution in [0.5, 0.6) is 0 Å². The van der Waals surface area contributed by atoms with Gasteiger partial charge in [0.15, 0.2) is 5.96 Å². The second-order valence-corrected chi connectivity index (χ2v) is 6.98. The van der Waals surface area contributed by atoms with Gasteiger partial charge in [0.2, 0.25) is 0 Å². The highest BCUT2D eigenvalue weighted by molar-refractivity contribution is 5.79. The monoisotopic (exact) mass is 361 g/mol. The molecule has 1 aromatic carbocycles. The first-order valence-electron chi connectivity index (χ1n) is 10.0. The third-order valence-electron chi connectivity index (χ3n) is 4.74.